The second-order valence-corrected chi connectivity index (χ2v) is 7.99. The number of imidazole rings is 1. The van der Waals surface area contributed by atoms with Crippen LogP contribution in [0.2, 0.25) is 10.2 Å². The van der Waals surface area contributed by atoms with Gasteiger partial charge in [-0.3, -0.25) is 0 Å². The van der Waals surface area contributed by atoms with E-state index in [0.29, 0.717) is 40.9 Å². The highest BCUT2D eigenvalue weighted by Gasteiger charge is 2.20. The van der Waals surface area contributed by atoms with Crippen molar-refractivity contribution in [1.29, 1.82) is 0 Å². The molecule has 9 heteroatoms. The largest absolute Gasteiger partial charge is 0.444 e. The van der Waals surface area contributed by atoms with Gasteiger partial charge in [0, 0.05) is 18.7 Å². The second-order valence-electron chi connectivity index (χ2n) is 7.23. The van der Waals surface area contributed by atoms with Gasteiger partial charge in [-0.25, -0.2) is 19.7 Å². The van der Waals surface area contributed by atoms with Gasteiger partial charge in [-0.1, -0.05) is 35.3 Å². The molecule has 28 heavy (non-hydrogen) atoms. The molecule has 0 aliphatic heterocycles. The Morgan fingerprint density at radius 3 is 2.57 bits per heavy atom. The zero-order valence-corrected chi connectivity index (χ0v) is 17.6. The Kier molecular flexibility index (Phi) is 5.76. The molecule has 2 aromatic heterocycles. The van der Waals surface area contributed by atoms with E-state index in [1.165, 1.54) is 0 Å². The van der Waals surface area contributed by atoms with Crippen LogP contribution in [-0.4, -0.2) is 37.8 Å². The van der Waals surface area contributed by atoms with Crippen molar-refractivity contribution in [3.8, 4) is 11.4 Å². The number of rotatable bonds is 4. The molecule has 0 fully saturated rings. The predicted octanol–water partition coefficient (Wildman–Crippen LogP) is 4.63. The maximum Gasteiger partial charge on any atom is 0.407 e. The molecule has 0 spiro atoms. The number of carbonyl (C=O) groups is 1. The fourth-order valence-electron chi connectivity index (χ4n) is 2.71. The number of halogens is 2. The number of aromatic nitrogens is 4. The van der Waals surface area contributed by atoms with E-state index in [-0.39, 0.29) is 5.15 Å². The maximum absolute atomic E-state index is 11.9. The van der Waals surface area contributed by atoms with E-state index >= 15 is 0 Å². The molecule has 0 aliphatic carbocycles. The number of fused-ring (bicyclic) bond motifs is 1. The van der Waals surface area contributed by atoms with Gasteiger partial charge in [-0.15, -0.1) is 0 Å². The van der Waals surface area contributed by atoms with Gasteiger partial charge in [0.25, 0.3) is 0 Å². The first kappa shape index (κ1) is 20.4. The number of carbonyl (C=O) groups excluding carboxylic acids is 1. The standard InChI is InChI=1S/C19H21Cl2N5O2/c1-11-23-15(21)14-17(24-11)26(10-9-22-18(27)28-19(2,3)4)16(25-14)12-7-5-6-8-13(12)20/h5-8H,9-10H2,1-4H3,(H,22,27). The molecule has 0 atom stereocenters. The fraction of sp³-hybridized carbons (Fsp3) is 0.368. The van der Waals surface area contributed by atoms with Crippen LogP contribution in [0.25, 0.3) is 22.6 Å². The van der Waals surface area contributed by atoms with E-state index in [2.05, 4.69) is 20.3 Å². The SMILES string of the molecule is Cc1nc(Cl)c2nc(-c3ccccc3Cl)n(CCNC(=O)OC(C)(C)C)c2n1. The lowest BCUT2D eigenvalue weighted by Gasteiger charge is -2.20. The third kappa shape index (κ3) is 4.54. The van der Waals surface area contributed by atoms with Gasteiger partial charge < -0.3 is 14.6 Å². The highest BCUT2D eigenvalue weighted by molar-refractivity contribution is 6.34. The number of ether oxygens (including phenoxy) is 1. The molecule has 0 radical (unpaired) electrons. The maximum atomic E-state index is 11.9. The van der Waals surface area contributed by atoms with Crippen LogP contribution >= 0.6 is 23.2 Å². The molecule has 148 valence electrons. The first-order valence-corrected chi connectivity index (χ1v) is 9.53. The smallest absolute Gasteiger partial charge is 0.407 e. The molecule has 1 aromatic carbocycles. The number of hydrogen-bond acceptors (Lipinski definition) is 5. The number of hydrogen-bond donors (Lipinski definition) is 1. The summed E-state index contributed by atoms with van der Waals surface area (Å²) in [5.41, 5.74) is 1.25. The minimum atomic E-state index is -0.563. The van der Waals surface area contributed by atoms with E-state index in [4.69, 9.17) is 27.9 Å². The highest BCUT2D eigenvalue weighted by atomic mass is 35.5. The van der Waals surface area contributed by atoms with Crippen molar-refractivity contribution in [2.45, 2.75) is 39.8 Å². The monoisotopic (exact) mass is 421 g/mol. The zero-order valence-electron chi connectivity index (χ0n) is 16.1. The van der Waals surface area contributed by atoms with Crippen LogP contribution in [0.5, 0.6) is 0 Å². The van der Waals surface area contributed by atoms with Crippen molar-refractivity contribution in [2.24, 2.45) is 0 Å². The van der Waals surface area contributed by atoms with E-state index in [1.807, 2.05) is 43.5 Å². The minimum Gasteiger partial charge on any atom is -0.444 e. The third-order valence-electron chi connectivity index (χ3n) is 3.78. The first-order chi connectivity index (χ1) is 13.2. The lowest BCUT2D eigenvalue weighted by Crippen LogP contribution is -2.34. The molecule has 2 heterocycles. The van der Waals surface area contributed by atoms with Crippen LogP contribution in [0.15, 0.2) is 24.3 Å². The predicted molar refractivity (Wildman–Crippen MR) is 110 cm³/mol. The van der Waals surface area contributed by atoms with Gasteiger partial charge >= 0.3 is 6.09 Å². The summed E-state index contributed by atoms with van der Waals surface area (Å²) in [5.74, 6) is 1.14. The molecule has 0 saturated carbocycles. The number of aryl methyl sites for hydroxylation is 1. The lowest BCUT2D eigenvalue weighted by molar-refractivity contribution is 0.0526. The van der Waals surface area contributed by atoms with Crippen LogP contribution in [0, 0.1) is 6.92 Å². The number of alkyl carbamates (subject to hydrolysis) is 1. The van der Waals surface area contributed by atoms with Crippen LogP contribution in [0.4, 0.5) is 4.79 Å². The molecule has 3 aromatic rings. The Morgan fingerprint density at radius 1 is 1.18 bits per heavy atom. The van der Waals surface area contributed by atoms with Gasteiger partial charge in [-0.05, 0) is 39.8 Å². The van der Waals surface area contributed by atoms with Crippen molar-refractivity contribution in [2.75, 3.05) is 6.54 Å². The molecular weight excluding hydrogens is 401 g/mol. The summed E-state index contributed by atoms with van der Waals surface area (Å²) in [5, 5.41) is 3.57. The molecule has 0 bridgehead atoms. The Morgan fingerprint density at radius 2 is 1.89 bits per heavy atom. The van der Waals surface area contributed by atoms with Gasteiger partial charge in [-0.2, -0.15) is 0 Å². The highest BCUT2D eigenvalue weighted by Crippen LogP contribution is 2.31. The summed E-state index contributed by atoms with van der Waals surface area (Å²) >= 11 is 12.7. The molecule has 1 N–H and O–H groups in total. The second kappa shape index (κ2) is 7.93. The molecule has 0 aliphatic rings. The minimum absolute atomic E-state index is 0.273. The molecular formula is C19H21Cl2N5O2. The normalized spacial score (nSPS) is 11.6. The van der Waals surface area contributed by atoms with Crippen LogP contribution < -0.4 is 5.32 Å². The van der Waals surface area contributed by atoms with E-state index in [0.717, 1.165) is 5.56 Å². The molecule has 3 rings (SSSR count). The summed E-state index contributed by atoms with van der Waals surface area (Å²) in [7, 11) is 0. The van der Waals surface area contributed by atoms with Gasteiger partial charge in [0.05, 0.1) is 5.02 Å². The summed E-state index contributed by atoms with van der Waals surface area (Å²) in [6.45, 7) is 7.92. The Hall–Kier alpha value is -2.38. The Bertz CT molecular complexity index is 1030. The molecule has 0 unspecified atom stereocenters. The van der Waals surface area contributed by atoms with Crippen molar-refractivity contribution in [3.05, 3.63) is 40.3 Å². The zero-order chi connectivity index (χ0) is 20.5. The average molecular weight is 422 g/mol. The topological polar surface area (TPSA) is 81.9 Å². The quantitative estimate of drug-likeness (QED) is 0.620. The van der Waals surface area contributed by atoms with Crippen molar-refractivity contribution in [1.82, 2.24) is 24.8 Å². The lowest BCUT2D eigenvalue weighted by atomic mass is 10.2. The van der Waals surface area contributed by atoms with Crippen LogP contribution in [0.1, 0.15) is 26.6 Å². The van der Waals surface area contributed by atoms with Crippen LogP contribution in [-0.2, 0) is 11.3 Å². The van der Waals surface area contributed by atoms with Crippen molar-refractivity contribution >= 4 is 40.5 Å². The molecule has 1 amide bonds. The fourth-order valence-corrected chi connectivity index (χ4v) is 3.18. The first-order valence-electron chi connectivity index (χ1n) is 8.78. The Balaban J connectivity index is 1.96. The average Bonchev–Trinajstić information content (AvgIpc) is 2.92. The number of nitrogens with zero attached hydrogens (tertiary/aromatic N) is 4. The summed E-state index contributed by atoms with van der Waals surface area (Å²) in [4.78, 5) is 25.2. The Labute approximate surface area is 173 Å². The third-order valence-corrected chi connectivity index (χ3v) is 4.38. The summed E-state index contributed by atoms with van der Waals surface area (Å²) in [6.07, 6.45) is -0.486. The van der Waals surface area contributed by atoms with Crippen molar-refractivity contribution < 1.29 is 9.53 Å². The molecule has 0 saturated heterocycles. The van der Waals surface area contributed by atoms with Crippen molar-refractivity contribution in [3.63, 3.8) is 0 Å². The summed E-state index contributed by atoms with van der Waals surface area (Å²) < 4.78 is 7.14. The summed E-state index contributed by atoms with van der Waals surface area (Å²) in [6, 6.07) is 7.38. The van der Waals surface area contributed by atoms with Gasteiger partial charge in [0.15, 0.2) is 10.8 Å². The van der Waals surface area contributed by atoms with Gasteiger partial charge in [0.2, 0.25) is 0 Å². The van der Waals surface area contributed by atoms with E-state index in [1.54, 1.807) is 13.0 Å². The number of amides is 1. The number of benzene rings is 1. The van der Waals surface area contributed by atoms with Crippen LogP contribution in [0.3, 0.4) is 0 Å². The molecule has 7 nitrogen and oxygen atoms in total. The van der Waals surface area contributed by atoms with E-state index < -0.39 is 11.7 Å². The number of nitrogens with one attached hydrogen (secondary N) is 1. The van der Waals surface area contributed by atoms with Gasteiger partial charge in [0.1, 0.15) is 22.8 Å². The van der Waals surface area contributed by atoms with E-state index in [9.17, 15) is 4.79 Å².